The molecule has 0 aliphatic rings. The summed E-state index contributed by atoms with van der Waals surface area (Å²) in [6.07, 6.45) is 3.36. The van der Waals surface area contributed by atoms with Crippen LogP contribution in [0.5, 0.6) is 5.75 Å². The smallest absolute Gasteiger partial charge is 0.329 e. The van der Waals surface area contributed by atoms with Crippen molar-refractivity contribution in [1.82, 2.24) is 5.43 Å². The first-order valence-corrected chi connectivity index (χ1v) is 6.92. The van der Waals surface area contributed by atoms with Crippen molar-refractivity contribution in [2.45, 2.75) is 33.1 Å². The number of benzene rings is 1. The Morgan fingerprint density at radius 3 is 2.48 bits per heavy atom. The van der Waals surface area contributed by atoms with Crippen LogP contribution in [0, 0.1) is 0 Å². The van der Waals surface area contributed by atoms with E-state index in [1.807, 2.05) is 24.3 Å². The normalized spacial score (nSPS) is 11.0. The predicted molar refractivity (Wildman–Crippen MR) is 81.0 cm³/mol. The number of hydrogen-bond donors (Lipinski definition) is 2. The lowest BCUT2D eigenvalue weighted by atomic mass is 10.1. The number of rotatable bonds is 7. The molecule has 0 fully saturated rings. The number of ether oxygens (including phenoxy) is 1. The molecule has 0 aromatic heterocycles. The fraction of sp³-hybridized carbons (Fsp3) is 0.400. The molecule has 0 spiro atoms. The van der Waals surface area contributed by atoms with E-state index in [2.05, 4.69) is 17.5 Å². The largest absolute Gasteiger partial charge is 0.494 e. The maximum Gasteiger partial charge on any atom is 0.329 e. The fourth-order valence-corrected chi connectivity index (χ4v) is 1.59. The third-order valence-electron chi connectivity index (χ3n) is 2.84. The van der Waals surface area contributed by atoms with E-state index in [1.165, 1.54) is 0 Å². The van der Waals surface area contributed by atoms with E-state index in [0.29, 0.717) is 12.3 Å². The maximum absolute atomic E-state index is 11.0. The summed E-state index contributed by atoms with van der Waals surface area (Å²) in [6.45, 7) is 4.57. The molecule has 0 aliphatic carbocycles. The SMILES string of the molecule is CCCCCOc1ccc(/C(C)=N\NC(=O)C(N)=O)cc1. The molecule has 1 aromatic rings. The molecule has 114 valence electrons. The lowest BCUT2D eigenvalue weighted by molar-refractivity contribution is -0.137. The molecule has 0 aliphatic heterocycles. The fourth-order valence-electron chi connectivity index (χ4n) is 1.59. The van der Waals surface area contributed by atoms with Crippen LogP contribution in [0.25, 0.3) is 0 Å². The Bertz CT molecular complexity index is 509. The van der Waals surface area contributed by atoms with Crippen LogP contribution in [0.2, 0.25) is 0 Å². The number of carbonyl (C=O) groups excluding carboxylic acids is 2. The summed E-state index contributed by atoms with van der Waals surface area (Å²) in [5, 5.41) is 3.81. The molecule has 6 heteroatoms. The predicted octanol–water partition coefficient (Wildman–Crippen LogP) is 1.58. The molecule has 2 amide bonds. The van der Waals surface area contributed by atoms with Crippen molar-refractivity contribution in [3.8, 4) is 5.75 Å². The van der Waals surface area contributed by atoms with Crippen LogP contribution < -0.4 is 15.9 Å². The highest BCUT2D eigenvalue weighted by molar-refractivity contribution is 6.34. The first-order chi connectivity index (χ1) is 10.0. The molecule has 0 atom stereocenters. The van der Waals surface area contributed by atoms with Gasteiger partial charge in [-0.1, -0.05) is 19.8 Å². The van der Waals surface area contributed by atoms with Gasteiger partial charge in [-0.05, 0) is 43.2 Å². The lowest BCUT2D eigenvalue weighted by Gasteiger charge is -2.07. The maximum atomic E-state index is 11.0. The Balaban J connectivity index is 2.54. The minimum absolute atomic E-state index is 0.571. The summed E-state index contributed by atoms with van der Waals surface area (Å²) < 4.78 is 5.60. The van der Waals surface area contributed by atoms with Gasteiger partial charge in [0.05, 0.1) is 12.3 Å². The Morgan fingerprint density at radius 2 is 1.90 bits per heavy atom. The summed E-state index contributed by atoms with van der Waals surface area (Å²) in [5.41, 5.74) is 8.29. The van der Waals surface area contributed by atoms with E-state index in [4.69, 9.17) is 10.5 Å². The van der Waals surface area contributed by atoms with Crippen LogP contribution in [-0.2, 0) is 9.59 Å². The quantitative estimate of drug-likeness (QED) is 0.345. The number of nitrogens with two attached hydrogens (primary N) is 1. The average Bonchev–Trinajstić information content (AvgIpc) is 2.49. The van der Waals surface area contributed by atoms with Crippen molar-refractivity contribution in [3.05, 3.63) is 29.8 Å². The molecule has 0 unspecified atom stereocenters. The number of carbonyl (C=O) groups is 2. The summed E-state index contributed by atoms with van der Waals surface area (Å²) in [7, 11) is 0. The van der Waals surface area contributed by atoms with Gasteiger partial charge in [0.25, 0.3) is 0 Å². The van der Waals surface area contributed by atoms with Gasteiger partial charge in [0.15, 0.2) is 0 Å². The summed E-state index contributed by atoms with van der Waals surface area (Å²) in [5.74, 6) is -1.21. The third kappa shape index (κ3) is 6.07. The van der Waals surface area contributed by atoms with E-state index < -0.39 is 11.8 Å². The zero-order valence-corrected chi connectivity index (χ0v) is 12.4. The van der Waals surface area contributed by atoms with Gasteiger partial charge >= 0.3 is 11.8 Å². The minimum Gasteiger partial charge on any atom is -0.494 e. The number of amides is 2. The molecule has 0 radical (unpaired) electrons. The molecule has 1 aromatic carbocycles. The van der Waals surface area contributed by atoms with Gasteiger partial charge in [-0.2, -0.15) is 5.10 Å². The standard InChI is InChI=1S/C15H21N3O3/c1-3-4-5-10-21-13-8-6-12(7-9-13)11(2)17-18-15(20)14(16)19/h6-9H,3-5,10H2,1-2H3,(H2,16,19)(H,18,20)/b17-11-. The summed E-state index contributed by atoms with van der Waals surface area (Å²) >= 11 is 0. The first kappa shape index (κ1) is 16.7. The summed E-state index contributed by atoms with van der Waals surface area (Å²) in [6, 6.07) is 7.36. The highest BCUT2D eigenvalue weighted by Gasteiger charge is 2.07. The number of primary amides is 1. The van der Waals surface area contributed by atoms with Crippen LogP contribution in [0.1, 0.15) is 38.7 Å². The lowest BCUT2D eigenvalue weighted by Crippen LogP contribution is -2.33. The van der Waals surface area contributed by atoms with Crippen molar-refractivity contribution in [1.29, 1.82) is 0 Å². The van der Waals surface area contributed by atoms with E-state index >= 15 is 0 Å². The molecule has 0 saturated carbocycles. The van der Waals surface area contributed by atoms with E-state index in [9.17, 15) is 9.59 Å². The minimum atomic E-state index is -1.07. The highest BCUT2D eigenvalue weighted by Crippen LogP contribution is 2.13. The zero-order valence-electron chi connectivity index (χ0n) is 12.4. The number of hydrazone groups is 1. The van der Waals surface area contributed by atoms with Crippen LogP contribution in [0.3, 0.4) is 0 Å². The van der Waals surface area contributed by atoms with Crippen LogP contribution in [0.4, 0.5) is 0 Å². The monoisotopic (exact) mass is 291 g/mol. The van der Waals surface area contributed by atoms with Gasteiger partial charge in [-0.25, -0.2) is 5.43 Å². The Hall–Kier alpha value is -2.37. The number of unbranched alkanes of at least 4 members (excludes halogenated alkanes) is 2. The molecular formula is C15H21N3O3. The van der Waals surface area contributed by atoms with Gasteiger partial charge in [-0.3, -0.25) is 9.59 Å². The van der Waals surface area contributed by atoms with Crippen molar-refractivity contribution >= 4 is 17.5 Å². The average molecular weight is 291 g/mol. The Morgan fingerprint density at radius 1 is 1.24 bits per heavy atom. The van der Waals surface area contributed by atoms with Crippen LogP contribution in [0.15, 0.2) is 29.4 Å². The van der Waals surface area contributed by atoms with Crippen molar-refractivity contribution in [3.63, 3.8) is 0 Å². The second-order valence-corrected chi connectivity index (χ2v) is 4.58. The van der Waals surface area contributed by atoms with Gasteiger partial charge in [0.2, 0.25) is 0 Å². The molecule has 0 bridgehead atoms. The van der Waals surface area contributed by atoms with Crippen molar-refractivity contribution in [2.75, 3.05) is 6.61 Å². The van der Waals surface area contributed by atoms with E-state index in [0.717, 1.165) is 30.6 Å². The number of nitrogens with one attached hydrogen (secondary N) is 1. The van der Waals surface area contributed by atoms with E-state index in [1.54, 1.807) is 6.92 Å². The van der Waals surface area contributed by atoms with Gasteiger partial charge in [-0.15, -0.1) is 0 Å². The first-order valence-electron chi connectivity index (χ1n) is 6.92. The second kappa shape index (κ2) is 8.73. The van der Waals surface area contributed by atoms with Crippen LogP contribution >= 0.6 is 0 Å². The zero-order chi connectivity index (χ0) is 15.7. The second-order valence-electron chi connectivity index (χ2n) is 4.58. The Kier molecular flexibility index (Phi) is 6.94. The van der Waals surface area contributed by atoms with Gasteiger partial charge < -0.3 is 10.5 Å². The van der Waals surface area contributed by atoms with Gasteiger partial charge in [0.1, 0.15) is 5.75 Å². The molecule has 1 rings (SSSR count). The molecule has 3 N–H and O–H groups in total. The molecule has 0 heterocycles. The molecule has 21 heavy (non-hydrogen) atoms. The molecular weight excluding hydrogens is 270 g/mol. The Labute approximate surface area is 124 Å². The van der Waals surface area contributed by atoms with Crippen molar-refractivity contribution < 1.29 is 14.3 Å². The van der Waals surface area contributed by atoms with Crippen LogP contribution in [-0.4, -0.2) is 24.1 Å². The highest BCUT2D eigenvalue weighted by atomic mass is 16.5. The third-order valence-corrected chi connectivity index (χ3v) is 2.84. The number of nitrogens with zero attached hydrogens (tertiary/aromatic N) is 1. The summed E-state index contributed by atoms with van der Waals surface area (Å²) in [4.78, 5) is 21.6. The molecule has 6 nitrogen and oxygen atoms in total. The van der Waals surface area contributed by atoms with E-state index in [-0.39, 0.29) is 0 Å². The topological polar surface area (TPSA) is 93.8 Å². The molecule has 0 saturated heterocycles. The van der Waals surface area contributed by atoms with Crippen molar-refractivity contribution in [2.24, 2.45) is 10.8 Å². The number of hydrogen-bond acceptors (Lipinski definition) is 4. The van der Waals surface area contributed by atoms with Gasteiger partial charge in [0, 0.05) is 0 Å².